The van der Waals surface area contributed by atoms with Crippen LogP contribution in [0.25, 0.3) is 0 Å². The Kier molecular flexibility index (Phi) is 3.38. The van der Waals surface area contributed by atoms with E-state index in [4.69, 9.17) is 21.4 Å². The van der Waals surface area contributed by atoms with Crippen molar-refractivity contribution in [1.29, 1.82) is 0 Å². The van der Waals surface area contributed by atoms with Crippen LogP contribution in [0.4, 0.5) is 4.39 Å². The van der Waals surface area contributed by atoms with Crippen LogP contribution in [-0.4, -0.2) is 21.0 Å². The van der Waals surface area contributed by atoms with Crippen LogP contribution in [-0.2, 0) is 0 Å². The van der Waals surface area contributed by atoms with E-state index in [2.05, 4.69) is 9.97 Å². The third-order valence-electron chi connectivity index (χ3n) is 1.96. The van der Waals surface area contributed by atoms with Crippen molar-refractivity contribution in [1.82, 2.24) is 9.97 Å². The van der Waals surface area contributed by atoms with E-state index in [9.17, 15) is 9.18 Å². The van der Waals surface area contributed by atoms with Gasteiger partial charge in [-0.3, -0.25) is 0 Å². The Morgan fingerprint density at radius 1 is 1.33 bits per heavy atom. The average Bonchev–Trinajstić information content (AvgIpc) is 2.33. The lowest BCUT2D eigenvalue weighted by molar-refractivity contribution is 0.0690. The molecule has 2 aromatic rings. The highest BCUT2D eigenvalue weighted by atomic mass is 35.5. The van der Waals surface area contributed by atoms with Gasteiger partial charge in [-0.2, -0.15) is 0 Å². The molecule has 1 N–H and O–H groups in total. The van der Waals surface area contributed by atoms with Gasteiger partial charge in [0.25, 0.3) is 0 Å². The van der Waals surface area contributed by atoms with E-state index in [0.29, 0.717) is 0 Å². The summed E-state index contributed by atoms with van der Waals surface area (Å²) in [6.07, 6.45) is 2.11. The first-order valence-corrected chi connectivity index (χ1v) is 5.12. The van der Waals surface area contributed by atoms with E-state index in [-0.39, 0.29) is 22.3 Å². The predicted octanol–water partition coefficient (Wildman–Crippen LogP) is 2.76. The molecule has 0 amide bonds. The lowest BCUT2D eigenvalue weighted by atomic mass is 10.3. The first-order chi connectivity index (χ1) is 8.56. The van der Waals surface area contributed by atoms with Crippen molar-refractivity contribution in [2.75, 3.05) is 0 Å². The highest BCUT2D eigenvalue weighted by molar-refractivity contribution is 6.30. The molecule has 0 atom stereocenters. The second-order valence-electron chi connectivity index (χ2n) is 3.22. The highest BCUT2D eigenvalue weighted by Gasteiger charge is 2.09. The summed E-state index contributed by atoms with van der Waals surface area (Å²) in [6, 6.07) is 3.89. The number of rotatable bonds is 3. The van der Waals surface area contributed by atoms with Gasteiger partial charge in [-0.15, -0.1) is 0 Å². The third kappa shape index (κ3) is 2.72. The number of hydrogen-bond donors (Lipinski definition) is 1. The SMILES string of the molecule is O=C(O)c1cnc(Oc2ccc(Cl)cc2F)cn1. The first kappa shape index (κ1) is 12.3. The van der Waals surface area contributed by atoms with Crippen molar-refractivity contribution in [3.63, 3.8) is 0 Å². The maximum Gasteiger partial charge on any atom is 0.356 e. The quantitative estimate of drug-likeness (QED) is 0.927. The second kappa shape index (κ2) is 4.97. The molecular weight excluding hydrogens is 263 g/mol. The maximum atomic E-state index is 13.4. The molecular formula is C11H6ClFN2O3. The summed E-state index contributed by atoms with van der Waals surface area (Å²) >= 11 is 5.59. The van der Waals surface area contributed by atoms with Gasteiger partial charge in [0, 0.05) is 5.02 Å². The molecule has 0 aliphatic heterocycles. The van der Waals surface area contributed by atoms with Crippen LogP contribution in [0.1, 0.15) is 10.5 Å². The van der Waals surface area contributed by atoms with Crippen LogP contribution in [0.5, 0.6) is 11.6 Å². The van der Waals surface area contributed by atoms with Crippen molar-refractivity contribution in [3.8, 4) is 11.6 Å². The number of benzene rings is 1. The van der Waals surface area contributed by atoms with Crippen molar-refractivity contribution in [2.45, 2.75) is 0 Å². The average molecular weight is 269 g/mol. The van der Waals surface area contributed by atoms with Crippen molar-refractivity contribution in [3.05, 3.63) is 47.1 Å². The topological polar surface area (TPSA) is 72.3 Å². The summed E-state index contributed by atoms with van der Waals surface area (Å²) < 4.78 is 18.5. The molecule has 0 aliphatic carbocycles. The van der Waals surface area contributed by atoms with E-state index in [1.807, 2.05) is 0 Å². The van der Waals surface area contributed by atoms with Gasteiger partial charge in [-0.05, 0) is 18.2 Å². The van der Waals surface area contributed by atoms with Gasteiger partial charge >= 0.3 is 5.97 Å². The van der Waals surface area contributed by atoms with Gasteiger partial charge in [0.2, 0.25) is 5.88 Å². The monoisotopic (exact) mass is 268 g/mol. The zero-order valence-corrected chi connectivity index (χ0v) is 9.56. The fraction of sp³-hybridized carbons (Fsp3) is 0. The molecule has 0 fully saturated rings. The highest BCUT2D eigenvalue weighted by Crippen LogP contribution is 2.24. The summed E-state index contributed by atoms with van der Waals surface area (Å²) in [6.45, 7) is 0. The molecule has 92 valence electrons. The number of aromatic nitrogens is 2. The van der Waals surface area contributed by atoms with Crippen LogP contribution in [0.3, 0.4) is 0 Å². The zero-order chi connectivity index (χ0) is 13.1. The number of carboxylic acids is 1. The smallest absolute Gasteiger partial charge is 0.356 e. The Labute approximate surface area is 106 Å². The summed E-state index contributed by atoms with van der Waals surface area (Å²) in [5.41, 5.74) is -0.223. The van der Waals surface area contributed by atoms with Gasteiger partial charge < -0.3 is 9.84 Å². The zero-order valence-electron chi connectivity index (χ0n) is 8.80. The maximum absolute atomic E-state index is 13.4. The van der Waals surface area contributed by atoms with Crippen LogP contribution in [0, 0.1) is 5.82 Å². The van der Waals surface area contributed by atoms with E-state index in [1.54, 1.807) is 0 Å². The Hall–Kier alpha value is -2.21. The number of carbonyl (C=O) groups is 1. The molecule has 0 unspecified atom stereocenters. The Morgan fingerprint density at radius 3 is 2.67 bits per heavy atom. The molecule has 1 aromatic carbocycles. The Bertz CT molecular complexity index is 589. The number of halogens is 2. The van der Waals surface area contributed by atoms with Gasteiger partial charge in [-0.1, -0.05) is 11.6 Å². The van der Waals surface area contributed by atoms with E-state index in [1.165, 1.54) is 12.1 Å². The van der Waals surface area contributed by atoms with Crippen LogP contribution >= 0.6 is 11.6 Å². The molecule has 2 rings (SSSR count). The number of hydrogen-bond acceptors (Lipinski definition) is 4. The van der Waals surface area contributed by atoms with Gasteiger partial charge in [0.1, 0.15) is 0 Å². The van der Waals surface area contributed by atoms with E-state index >= 15 is 0 Å². The van der Waals surface area contributed by atoms with Crippen molar-refractivity contribution >= 4 is 17.6 Å². The fourth-order valence-corrected chi connectivity index (χ4v) is 1.31. The molecule has 0 saturated carbocycles. The predicted molar refractivity (Wildman–Crippen MR) is 60.5 cm³/mol. The van der Waals surface area contributed by atoms with Crippen LogP contribution in [0.15, 0.2) is 30.6 Å². The van der Waals surface area contributed by atoms with Crippen molar-refractivity contribution < 1.29 is 19.0 Å². The van der Waals surface area contributed by atoms with E-state index < -0.39 is 11.8 Å². The molecule has 0 spiro atoms. The summed E-state index contributed by atoms with van der Waals surface area (Å²) in [5, 5.41) is 8.86. The number of nitrogens with zero attached hydrogens (tertiary/aromatic N) is 2. The lowest BCUT2D eigenvalue weighted by Crippen LogP contribution is -2.01. The molecule has 0 radical (unpaired) electrons. The van der Waals surface area contributed by atoms with Crippen LogP contribution in [0.2, 0.25) is 5.02 Å². The van der Waals surface area contributed by atoms with Gasteiger partial charge in [0.15, 0.2) is 17.3 Å². The number of carboxylic acid groups (broad SMARTS) is 1. The third-order valence-corrected chi connectivity index (χ3v) is 2.19. The minimum Gasteiger partial charge on any atom is -0.476 e. The Morgan fingerprint density at radius 2 is 2.11 bits per heavy atom. The van der Waals surface area contributed by atoms with Gasteiger partial charge in [-0.25, -0.2) is 19.2 Å². The lowest BCUT2D eigenvalue weighted by Gasteiger charge is -2.05. The molecule has 0 saturated heterocycles. The molecule has 18 heavy (non-hydrogen) atoms. The standard InChI is InChI=1S/C11H6ClFN2O3/c12-6-1-2-9(7(13)3-6)18-10-5-14-8(4-15-10)11(16)17/h1-5H,(H,16,17). The fourth-order valence-electron chi connectivity index (χ4n) is 1.15. The minimum atomic E-state index is -1.20. The second-order valence-corrected chi connectivity index (χ2v) is 3.66. The first-order valence-electron chi connectivity index (χ1n) is 4.74. The molecule has 1 aromatic heterocycles. The molecule has 5 nitrogen and oxygen atoms in total. The summed E-state index contributed by atoms with van der Waals surface area (Å²) in [5.74, 6) is -1.93. The van der Waals surface area contributed by atoms with E-state index in [0.717, 1.165) is 18.5 Å². The Balaban J connectivity index is 2.21. The largest absolute Gasteiger partial charge is 0.476 e. The number of ether oxygens (including phenoxy) is 1. The molecule has 0 aliphatic rings. The molecule has 1 heterocycles. The minimum absolute atomic E-state index is 0.0128. The normalized spacial score (nSPS) is 10.1. The number of aromatic carboxylic acids is 1. The molecule has 0 bridgehead atoms. The molecule has 7 heteroatoms. The van der Waals surface area contributed by atoms with Crippen molar-refractivity contribution in [2.24, 2.45) is 0 Å². The van der Waals surface area contributed by atoms with Gasteiger partial charge in [0.05, 0.1) is 12.4 Å². The summed E-state index contributed by atoms with van der Waals surface area (Å²) in [4.78, 5) is 17.8. The summed E-state index contributed by atoms with van der Waals surface area (Å²) in [7, 11) is 0. The van der Waals surface area contributed by atoms with Crippen LogP contribution < -0.4 is 4.74 Å².